The highest BCUT2D eigenvalue weighted by Crippen LogP contribution is 2.39. The Hall–Kier alpha value is -2.60. The molecule has 0 aliphatic carbocycles. The number of hydrogen-bond donors (Lipinski definition) is 2. The number of imide groups is 1. The number of nitrogens with zero attached hydrogens (tertiary/aromatic N) is 2. The smallest absolute Gasteiger partial charge is 0.257 e. The number of amides is 3. The fraction of sp³-hybridized carbons (Fsp3) is 0.200. The molecule has 3 aromatic rings. The molecule has 3 amide bonds. The Kier molecular flexibility index (Phi) is 4.69. The number of benzene rings is 1. The van der Waals surface area contributed by atoms with Gasteiger partial charge in [0.25, 0.3) is 5.91 Å². The Labute approximate surface area is 187 Å². The molecular weight excluding hydrogens is 522 g/mol. The van der Waals surface area contributed by atoms with E-state index in [9.17, 15) is 18.8 Å². The van der Waals surface area contributed by atoms with Crippen LogP contribution in [0.2, 0.25) is 0 Å². The van der Waals surface area contributed by atoms with Crippen molar-refractivity contribution in [3.05, 3.63) is 51.5 Å². The number of hydrogen-bond acceptors (Lipinski definition) is 6. The van der Waals surface area contributed by atoms with Gasteiger partial charge in [0.15, 0.2) is 0 Å². The van der Waals surface area contributed by atoms with Crippen molar-refractivity contribution < 1.29 is 18.8 Å². The quantitative estimate of drug-likeness (QED) is 0.397. The normalized spacial score (nSPS) is 20.5. The van der Waals surface area contributed by atoms with E-state index in [1.807, 2.05) is 22.6 Å². The summed E-state index contributed by atoms with van der Waals surface area (Å²) in [5.74, 6) is -2.45. The maximum Gasteiger partial charge on any atom is 0.257 e. The molecule has 2 aromatic heterocycles. The number of nitrogens with one attached hydrogen (secondary N) is 2. The predicted octanol–water partition coefficient (Wildman–Crippen LogP) is 3.13. The summed E-state index contributed by atoms with van der Waals surface area (Å²) < 4.78 is 15.2. The molecule has 0 saturated carbocycles. The van der Waals surface area contributed by atoms with Gasteiger partial charge in [0.1, 0.15) is 15.6 Å². The Morgan fingerprint density at radius 3 is 2.67 bits per heavy atom. The third-order valence-electron chi connectivity index (χ3n) is 5.39. The first-order valence-electron chi connectivity index (χ1n) is 9.16. The standard InChI is InChI=1S/C20H14FIN4O3S/c21-13-6-9(22)3-4-14(13)24-19-15(10-2-1-5-23-18(10)30-19)20(29)26-7-11-12(8-26)17(28)25-16(11)27/h1-6,11-12,24H,7-8H2,(H,25,27,28). The van der Waals surface area contributed by atoms with Gasteiger partial charge in [-0.25, -0.2) is 9.37 Å². The van der Waals surface area contributed by atoms with Crippen molar-refractivity contribution in [3.8, 4) is 0 Å². The highest BCUT2D eigenvalue weighted by molar-refractivity contribution is 14.1. The van der Waals surface area contributed by atoms with E-state index in [2.05, 4.69) is 15.6 Å². The van der Waals surface area contributed by atoms with Gasteiger partial charge in [-0.05, 0) is 52.9 Å². The van der Waals surface area contributed by atoms with Gasteiger partial charge < -0.3 is 10.2 Å². The predicted molar refractivity (Wildman–Crippen MR) is 118 cm³/mol. The Morgan fingerprint density at radius 1 is 1.23 bits per heavy atom. The third kappa shape index (κ3) is 3.14. The number of aromatic nitrogens is 1. The molecule has 10 heteroatoms. The summed E-state index contributed by atoms with van der Waals surface area (Å²) in [5.41, 5.74) is 0.623. The monoisotopic (exact) mass is 536 g/mol. The van der Waals surface area contributed by atoms with E-state index < -0.39 is 17.7 Å². The largest absolute Gasteiger partial charge is 0.344 e. The molecule has 5 rings (SSSR count). The van der Waals surface area contributed by atoms with Crippen LogP contribution >= 0.6 is 33.9 Å². The van der Waals surface area contributed by atoms with Gasteiger partial charge in [-0.1, -0.05) is 11.3 Å². The Morgan fingerprint density at radius 2 is 1.97 bits per heavy atom. The summed E-state index contributed by atoms with van der Waals surface area (Å²) in [6.45, 7) is 0.353. The van der Waals surface area contributed by atoms with Crippen LogP contribution in [0, 0.1) is 21.2 Å². The van der Waals surface area contributed by atoms with Crippen molar-refractivity contribution in [1.29, 1.82) is 0 Å². The van der Waals surface area contributed by atoms with Gasteiger partial charge in [-0.3, -0.25) is 19.7 Å². The second-order valence-electron chi connectivity index (χ2n) is 7.19. The fourth-order valence-corrected chi connectivity index (χ4v) is 5.41. The second-order valence-corrected chi connectivity index (χ2v) is 9.43. The van der Waals surface area contributed by atoms with Crippen LogP contribution < -0.4 is 10.6 Å². The van der Waals surface area contributed by atoms with Gasteiger partial charge in [-0.2, -0.15) is 0 Å². The highest BCUT2D eigenvalue weighted by atomic mass is 127. The first-order valence-corrected chi connectivity index (χ1v) is 11.1. The molecular formula is C20H14FIN4O3S. The van der Waals surface area contributed by atoms with Gasteiger partial charge >= 0.3 is 0 Å². The van der Waals surface area contributed by atoms with E-state index in [0.717, 1.165) is 3.57 Å². The first kappa shape index (κ1) is 19.4. The van der Waals surface area contributed by atoms with E-state index in [0.29, 0.717) is 20.8 Å². The number of anilines is 2. The van der Waals surface area contributed by atoms with E-state index in [4.69, 9.17) is 0 Å². The van der Waals surface area contributed by atoms with Crippen LogP contribution in [0.4, 0.5) is 15.1 Å². The minimum absolute atomic E-state index is 0.177. The Balaban J connectivity index is 1.53. The summed E-state index contributed by atoms with van der Waals surface area (Å²) in [6.07, 6.45) is 1.63. The number of pyridine rings is 1. The molecule has 0 bridgehead atoms. The van der Waals surface area contributed by atoms with E-state index in [1.165, 1.54) is 22.3 Å². The van der Waals surface area contributed by atoms with Crippen molar-refractivity contribution in [2.75, 3.05) is 18.4 Å². The van der Waals surface area contributed by atoms with Crippen LogP contribution in [0.1, 0.15) is 10.4 Å². The molecule has 2 atom stereocenters. The molecule has 2 aliphatic rings. The van der Waals surface area contributed by atoms with Crippen LogP contribution in [-0.4, -0.2) is 40.7 Å². The number of thiophene rings is 1. The van der Waals surface area contributed by atoms with E-state index in [-0.39, 0.29) is 36.5 Å². The topological polar surface area (TPSA) is 91.4 Å². The lowest BCUT2D eigenvalue weighted by Gasteiger charge is -2.18. The van der Waals surface area contributed by atoms with Gasteiger partial charge in [0.05, 0.1) is 23.1 Å². The van der Waals surface area contributed by atoms with Crippen LogP contribution in [0.25, 0.3) is 10.2 Å². The average Bonchev–Trinajstić information content (AvgIpc) is 3.37. The third-order valence-corrected chi connectivity index (χ3v) is 7.09. The molecule has 7 nitrogen and oxygen atoms in total. The summed E-state index contributed by atoms with van der Waals surface area (Å²) in [6, 6.07) is 8.31. The minimum Gasteiger partial charge on any atom is -0.344 e. The van der Waals surface area contributed by atoms with Gasteiger partial charge in [0.2, 0.25) is 11.8 Å². The maximum atomic E-state index is 14.4. The zero-order valence-electron chi connectivity index (χ0n) is 15.3. The summed E-state index contributed by atoms with van der Waals surface area (Å²) in [7, 11) is 0. The highest BCUT2D eigenvalue weighted by Gasteiger charge is 2.49. The van der Waals surface area contributed by atoms with Crippen molar-refractivity contribution in [1.82, 2.24) is 15.2 Å². The lowest BCUT2D eigenvalue weighted by atomic mass is 10.00. The van der Waals surface area contributed by atoms with Gasteiger partial charge in [0, 0.05) is 28.2 Å². The number of likely N-dealkylation sites (tertiary alicyclic amines) is 1. The number of carbonyl (C=O) groups is 3. The van der Waals surface area contributed by atoms with E-state index >= 15 is 0 Å². The minimum atomic E-state index is -0.519. The van der Waals surface area contributed by atoms with Crippen LogP contribution in [0.15, 0.2) is 36.5 Å². The van der Waals surface area contributed by atoms with Crippen LogP contribution in [-0.2, 0) is 9.59 Å². The molecule has 4 heterocycles. The van der Waals surface area contributed by atoms with Gasteiger partial charge in [-0.15, -0.1) is 0 Å². The van der Waals surface area contributed by atoms with Crippen molar-refractivity contribution in [2.45, 2.75) is 0 Å². The lowest BCUT2D eigenvalue weighted by molar-refractivity contribution is -0.126. The number of rotatable bonds is 3. The fourth-order valence-electron chi connectivity index (χ4n) is 3.91. The number of fused-ring (bicyclic) bond motifs is 2. The molecule has 30 heavy (non-hydrogen) atoms. The zero-order chi connectivity index (χ0) is 21.0. The second kappa shape index (κ2) is 7.27. The first-order chi connectivity index (χ1) is 14.4. The molecule has 2 saturated heterocycles. The molecule has 2 fully saturated rings. The van der Waals surface area contributed by atoms with Crippen molar-refractivity contribution >= 4 is 72.6 Å². The zero-order valence-corrected chi connectivity index (χ0v) is 18.3. The van der Waals surface area contributed by atoms with Crippen LogP contribution in [0.3, 0.4) is 0 Å². The number of halogens is 2. The molecule has 1 aromatic carbocycles. The average molecular weight is 536 g/mol. The molecule has 2 aliphatic heterocycles. The lowest BCUT2D eigenvalue weighted by Crippen LogP contribution is -2.35. The van der Waals surface area contributed by atoms with Crippen LogP contribution in [0.5, 0.6) is 0 Å². The van der Waals surface area contributed by atoms with Crippen molar-refractivity contribution in [3.63, 3.8) is 0 Å². The molecule has 0 spiro atoms. The van der Waals surface area contributed by atoms with Crippen molar-refractivity contribution in [2.24, 2.45) is 11.8 Å². The summed E-state index contributed by atoms with van der Waals surface area (Å²) >= 11 is 3.28. The number of carbonyl (C=O) groups excluding carboxylic acids is 3. The summed E-state index contributed by atoms with van der Waals surface area (Å²) in [5, 5.41) is 6.48. The van der Waals surface area contributed by atoms with E-state index in [1.54, 1.807) is 30.5 Å². The maximum absolute atomic E-state index is 14.4. The molecule has 2 N–H and O–H groups in total. The summed E-state index contributed by atoms with van der Waals surface area (Å²) in [4.78, 5) is 43.9. The molecule has 2 unspecified atom stereocenters. The molecule has 0 radical (unpaired) electrons. The molecule has 152 valence electrons. The SMILES string of the molecule is O=C1NC(=O)C2CN(C(=O)c3c(Nc4ccc(I)cc4F)sc4ncccc34)CC12. The Bertz CT molecular complexity index is 1210.